The Labute approximate surface area is 107 Å². The molecule has 0 radical (unpaired) electrons. The van der Waals surface area contributed by atoms with Gasteiger partial charge in [0.05, 0.1) is 13.3 Å². The van der Waals surface area contributed by atoms with Crippen LogP contribution in [0, 0.1) is 0 Å². The first kappa shape index (κ1) is 12.4. The SMILES string of the molecule is COC(=O)c1nc(-c2cnn(C)c2)sc1C(C)=O. The maximum Gasteiger partial charge on any atom is 0.358 e. The molecule has 2 aromatic heterocycles. The Balaban J connectivity index is 2.52. The molecular weight excluding hydrogens is 254 g/mol. The van der Waals surface area contributed by atoms with Gasteiger partial charge in [-0.1, -0.05) is 0 Å². The van der Waals surface area contributed by atoms with Crippen molar-refractivity contribution in [3.8, 4) is 10.6 Å². The molecule has 0 aromatic carbocycles. The Bertz CT molecular complexity index is 615. The monoisotopic (exact) mass is 265 g/mol. The average Bonchev–Trinajstić information content (AvgIpc) is 2.93. The molecule has 6 nitrogen and oxygen atoms in total. The molecule has 0 N–H and O–H groups in total. The van der Waals surface area contributed by atoms with Crippen molar-refractivity contribution < 1.29 is 14.3 Å². The van der Waals surface area contributed by atoms with Crippen LogP contribution in [0.3, 0.4) is 0 Å². The van der Waals surface area contributed by atoms with E-state index in [1.54, 1.807) is 24.1 Å². The van der Waals surface area contributed by atoms with Gasteiger partial charge in [0.25, 0.3) is 0 Å². The van der Waals surface area contributed by atoms with Crippen LogP contribution in [0.2, 0.25) is 0 Å². The van der Waals surface area contributed by atoms with Crippen LogP contribution in [-0.4, -0.2) is 33.6 Å². The molecule has 0 fully saturated rings. The van der Waals surface area contributed by atoms with Crippen molar-refractivity contribution in [2.45, 2.75) is 6.92 Å². The molecule has 0 aliphatic rings. The minimum absolute atomic E-state index is 0.0638. The predicted molar refractivity (Wildman–Crippen MR) is 65.7 cm³/mol. The molecule has 0 aliphatic carbocycles. The van der Waals surface area contributed by atoms with Gasteiger partial charge in [0.15, 0.2) is 11.5 Å². The summed E-state index contributed by atoms with van der Waals surface area (Å²) in [5.74, 6) is -0.811. The smallest absolute Gasteiger partial charge is 0.358 e. The van der Waals surface area contributed by atoms with E-state index in [2.05, 4.69) is 14.8 Å². The van der Waals surface area contributed by atoms with Gasteiger partial charge in [0.1, 0.15) is 9.88 Å². The second kappa shape index (κ2) is 4.69. The first-order valence-corrected chi connectivity index (χ1v) is 5.93. The van der Waals surface area contributed by atoms with Crippen LogP contribution >= 0.6 is 11.3 Å². The summed E-state index contributed by atoms with van der Waals surface area (Å²) in [5.41, 5.74) is 0.828. The van der Waals surface area contributed by atoms with Gasteiger partial charge in [0, 0.05) is 25.7 Å². The molecule has 2 heterocycles. The second-order valence-corrected chi connectivity index (χ2v) is 4.65. The van der Waals surface area contributed by atoms with E-state index in [0.717, 1.165) is 16.9 Å². The zero-order valence-electron chi connectivity index (χ0n) is 10.1. The van der Waals surface area contributed by atoms with Crippen molar-refractivity contribution >= 4 is 23.1 Å². The van der Waals surface area contributed by atoms with Crippen molar-refractivity contribution in [1.82, 2.24) is 14.8 Å². The van der Waals surface area contributed by atoms with Gasteiger partial charge >= 0.3 is 5.97 Å². The number of nitrogens with zero attached hydrogens (tertiary/aromatic N) is 3. The van der Waals surface area contributed by atoms with Gasteiger partial charge in [-0.05, 0) is 0 Å². The number of ether oxygens (including phenoxy) is 1. The number of rotatable bonds is 3. The van der Waals surface area contributed by atoms with Crippen LogP contribution in [0.25, 0.3) is 10.6 Å². The lowest BCUT2D eigenvalue weighted by Gasteiger charge is -1.95. The van der Waals surface area contributed by atoms with Crippen LogP contribution in [0.5, 0.6) is 0 Å². The molecule has 0 saturated heterocycles. The fourth-order valence-electron chi connectivity index (χ4n) is 1.45. The van der Waals surface area contributed by atoms with Crippen LogP contribution in [0.15, 0.2) is 12.4 Å². The minimum Gasteiger partial charge on any atom is -0.464 e. The highest BCUT2D eigenvalue weighted by Gasteiger charge is 2.22. The highest BCUT2D eigenvalue weighted by Crippen LogP contribution is 2.28. The largest absolute Gasteiger partial charge is 0.464 e. The van der Waals surface area contributed by atoms with Gasteiger partial charge in [-0.2, -0.15) is 5.10 Å². The molecule has 0 spiro atoms. The van der Waals surface area contributed by atoms with E-state index in [4.69, 9.17) is 0 Å². The Hall–Kier alpha value is -2.02. The second-order valence-electron chi connectivity index (χ2n) is 3.65. The normalized spacial score (nSPS) is 10.4. The molecule has 94 valence electrons. The van der Waals surface area contributed by atoms with E-state index >= 15 is 0 Å². The first-order chi connectivity index (χ1) is 8.52. The van der Waals surface area contributed by atoms with E-state index in [1.165, 1.54) is 14.0 Å². The van der Waals surface area contributed by atoms with Gasteiger partial charge in [0.2, 0.25) is 0 Å². The Morgan fingerprint density at radius 3 is 2.67 bits per heavy atom. The highest BCUT2D eigenvalue weighted by molar-refractivity contribution is 7.17. The molecule has 2 aromatic rings. The maximum atomic E-state index is 11.5. The highest BCUT2D eigenvalue weighted by atomic mass is 32.1. The summed E-state index contributed by atoms with van der Waals surface area (Å²) in [6, 6.07) is 0. The van der Waals surface area contributed by atoms with Crippen LogP contribution in [0.4, 0.5) is 0 Å². The van der Waals surface area contributed by atoms with E-state index in [0.29, 0.717) is 9.88 Å². The Kier molecular flexibility index (Phi) is 3.24. The number of esters is 1. The van der Waals surface area contributed by atoms with Crippen molar-refractivity contribution in [2.75, 3.05) is 7.11 Å². The third kappa shape index (κ3) is 2.17. The van der Waals surface area contributed by atoms with E-state index in [1.807, 2.05) is 0 Å². The molecule has 0 saturated carbocycles. The quantitative estimate of drug-likeness (QED) is 0.621. The first-order valence-electron chi connectivity index (χ1n) is 5.12. The van der Waals surface area contributed by atoms with Crippen molar-refractivity contribution in [3.05, 3.63) is 23.0 Å². The summed E-state index contributed by atoms with van der Waals surface area (Å²) in [5, 5.41) is 4.60. The van der Waals surface area contributed by atoms with Crippen LogP contribution < -0.4 is 0 Å². The Morgan fingerprint density at radius 2 is 2.17 bits per heavy atom. The van der Waals surface area contributed by atoms with Gasteiger partial charge in [-0.15, -0.1) is 11.3 Å². The Morgan fingerprint density at radius 1 is 1.44 bits per heavy atom. The third-order valence-corrected chi connectivity index (χ3v) is 3.48. The van der Waals surface area contributed by atoms with Crippen molar-refractivity contribution in [1.29, 1.82) is 0 Å². The number of hydrogen-bond acceptors (Lipinski definition) is 6. The van der Waals surface area contributed by atoms with Gasteiger partial charge in [-0.25, -0.2) is 9.78 Å². The number of aromatic nitrogens is 3. The summed E-state index contributed by atoms with van der Waals surface area (Å²) in [6.45, 7) is 1.40. The molecule has 18 heavy (non-hydrogen) atoms. The van der Waals surface area contributed by atoms with Crippen molar-refractivity contribution in [3.63, 3.8) is 0 Å². The molecule has 7 heteroatoms. The number of Topliss-reactive ketones (excluding diaryl/α,β-unsaturated/α-hetero) is 1. The van der Waals surface area contributed by atoms with Crippen LogP contribution in [0.1, 0.15) is 27.1 Å². The van der Waals surface area contributed by atoms with E-state index in [9.17, 15) is 9.59 Å². The number of carbonyl (C=O) groups excluding carboxylic acids is 2. The summed E-state index contributed by atoms with van der Waals surface area (Å²) in [6.07, 6.45) is 3.40. The number of carbonyl (C=O) groups is 2. The molecule has 0 aliphatic heterocycles. The standard InChI is InChI=1S/C11H11N3O3S/c1-6(15)9-8(11(16)17-3)13-10(18-9)7-4-12-14(2)5-7/h4-5H,1-3H3. The zero-order valence-corrected chi connectivity index (χ0v) is 10.9. The minimum atomic E-state index is -0.605. The number of methoxy groups -OCH3 is 1. The third-order valence-electron chi connectivity index (χ3n) is 2.28. The lowest BCUT2D eigenvalue weighted by atomic mass is 10.3. The fourth-order valence-corrected chi connectivity index (χ4v) is 2.37. The van der Waals surface area contributed by atoms with E-state index < -0.39 is 5.97 Å². The lowest BCUT2D eigenvalue weighted by Crippen LogP contribution is -2.06. The predicted octanol–water partition coefficient (Wildman–Crippen LogP) is 1.53. The maximum absolute atomic E-state index is 11.5. The molecule has 0 bridgehead atoms. The molecule has 0 unspecified atom stereocenters. The summed E-state index contributed by atoms with van der Waals surface area (Å²) in [7, 11) is 3.04. The fraction of sp³-hybridized carbons (Fsp3) is 0.273. The summed E-state index contributed by atoms with van der Waals surface area (Å²) in [4.78, 5) is 27.5. The average molecular weight is 265 g/mol. The van der Waals surface area contributed by atoms with Gasteiger partial charge in [-0.3, -0.25) is 9.48 Å². The number of aryl methyl sites for hydroxylation is 1. The number of thiazole rings is 1. The summed E-state index contributed by atoms with van der Waals surface area (Å²) < 4.78 is 6.24. The van der Waals surface area contributed by atoms with Crippen LogP contribution in [-0.2, 0) is 11.8 Å². The number of ketones is 1. The molecule has 0 amide bonds. The zero-order chi connectivity index (χ0) is 13.3. The topological polar surface area (TPSA) is 74.1 Å². The molecule has 0 atom stereocenters. The number of hydrogen-bond donors (Lipinski definition) is 0. The van der Waals surface area contributed by atoms with Crippen molar-refractivity contribution in [2.24, 2.45) is 7.05 Å². The lowest BCUT2D eigenvalue weighted by molar-refractivity contribution is 0.0591. The van der Waals surface area contributed by atoms with E-state index in [-0.39, 0.29) is 11.5 Å². The summed E-state index contributed by atoms with van der Waals surface area (Å²) >= 11 is 1.16. The molecule has 2 rings (SSSR count). The van der Waals surface area contributed by atoms with Gasteiger partial charge < -0.3 is 4.74 Å². The molecular formula is C11H11N3O3S.